The van der Waals surface area contributed by atoms with E-state index in [0.717, 1.165) is 36.3 Å². The average molecular weight is 495 g/mol. The standard InChI is InChI=1S/C32H30O3S/c1-34-24-14-3-2-9-20-29(26-27-16-7-4-8-17-27)31(35-32(33)28-18-10-5-11-19-28)23-15-25-36-30-21-12-6-13-22-30/h4-8,10-13,16-19,21-22,26,31H,2-3,14,24-25H2,1H3/b29-26+. The molecule has 0 radical (unpaired) electrons. The largest absolute Gasteiger partial charge is 0.440 e. The summed E-state index contributed by atoms with van der Waals surface area (Å²) >= 11 is 1.64. The van der Waals surface area contributed by atoms with Crippen molar-refractivity contribution in [2.75, 3.05) is 19.5 Å². The van der Waals surface area contributed by atoms with Crippen LogP contribution in [0.5, 0.6) is 0 Å². The van der Waals surface area contributed by atoms with E-state index in [0.29, 0.717) is 16.9 Å². The fourth-order valence-electron chi connectivity index (χ4n) is 3.22. The maximum Gasteiger partial charge on any atom is 0.339 e. The molecule has 0 aliphatic carbocycles. The van der Waals surface area contributed by atoms with Gasteiger partial charge in [0.1, 0.15) is 0 Å². The van der Waals surface area contributed by atoms with E-state index in [4.69, 9.17) is 9.47 Å². The summed E-state index contributed by atoms with van der Waals surface area (Å²) < 4.78 is 11.0. The van der Waals surface area contributed by atoms with Crippen molar-refractivity contribution in [3.05, 3.63) is 108 Å². The van der Waals surface area contributed by atoms with E-state index in [1.54, 1.807) is 31.0 Å². The number of unbranched alkanes of at least 4 members (excludes halogenated alkanes) is 2. The summed E-state index contributed by atoms with van der Waals surface area (Å²) in [5.41, 5.74) is 2.12. The van der Waals surface area contributed by atoms with Crippen molar-refractivity contribution in [1.82, 2.24) is 0 Å². The Hall–Kier alpha value is -3.70. The number of carbonyl (C=O) groups is 1. The lowest BCUT2D eigenvalue weighted by atomic mass is 10.1. The van der Waals surface area contributed by atoms with E-state index in [1.165, 1.54) is 0 Å². The van der Waals surface area contributed by atoms with Crippen LogP contribution < -0.4 is 0 Å². The Morgan fingerprint density at radius 3 is 2.25 bits per heavy atom. The highest BCUT2D eigenvalue weighted by atomic mass is 32.2. The second-order valence-corrected chi connectivity index (χ2v) is 8.89. The van der Waals surface area contributed by atoms with Gasteiger partial charge in [-0.05, 0) is 48.7 Å². The van der Waals surface area contributed by atoms with Gasteiger partial charge < -0.3 is 9.47 Å². The van der Waals surface area contributed by atoms with Crippen molar-refractivity contribution in [3.63, 3.8) is 0 Å². The fraction of sp³-hybridized carbons (Fsp3) is 0.219. The number of ether oxygens (including phenoxy) is 2. The van der Waals surface area contributed by atoms with Gasteiger partial charge in [0, 0.05) is 25.0 Å². The van der Waals surface area contributed by atoms with Crippen LogP contribution in [-0.4, -0.2) is 31.5 Å². The molecule has 3 rings (SSSR count). The molecule has 0 spiro atoms. The summed E-state index contributed by atoms with van der Waals surface area (Å²) in [7, 11) is 1.70. The number of methoxy groups -OCH3 is 1. The normalized spacial score (nSPS) is 11.4. The Morgan fingerprint density at radius 1 is 0.889 bits per heavy atom. The van der Waals surface area contributed by atoms with Gasteiger partial charge in [0.15, 0.2) is 6.10 Å². The van der Waals surface area contributed by atoms with Gasteiger partial charge in [0.25, 0.3) is 0 Å². The van der Waals surface area contributed by atoms with Crippen molar-refractivity contribution in [2.24, 2.45) is 0 Å². The predicted octanol–water partition coefficient (Wildman–Crippen LogP) is 6.91. The van der Waals surface area contributed by atoms with E-state index in [9.17, 15) is 4.79 Å². The number of hydrogen-bond donors (Lipinski definition) is 0. The minimum atomic E-state index is -0.777. The molecule has 0 saturated carbocycles. The molecule has 0 aliphatic rings. The second-order valence-electron chi connectivity index (χ2n) is 7.84. The van der Waals surface area contributed by atoms with Crippen molar-refractivity contribution >= 4 is 23.8 Å². The van der Waals surface area contributed by atoms with Crippen molar-refractivity contribution in [3.8, 4) is 23.7 Å². The van der Waals surface area contributed by atoms with Crippen molar-refractivity contribution in [1.29, 1.82) is 0 Å². The van der Waals surface area contributed by atoms with Gasteiger partial charge in [0.05, 0.1) is 16.9 Å². The minimum Gasteiger partial charge on any atom is -0.440 e. The molecular formula is C32H30O3S. The highest BCUT2D eigenvalue weighted by Crippen LogP contribution is 2.17. The van der Waals surface area contributed by atoms with E-state index >= 15 is 0 Å². The van der Waals surface area contributed by atoms with Gasteiger partial charge in [-0.15, -0.1) is 11.8 Å². The van der Waals surface area contributed by atoms with Gasteiger partial charge >= 0.3 is 5.97 Å². The first-order valence-electron chi connectivity index (χ1n) is 11.9. The van der Waals surface area contributed by atoms with Gasteiger partial charge in [0.2, 0.25) is 0 Å². The quantitative estimate of drug-likeness (QED) is 0.133. The number of esters is 1. The van der Waals surface area contributed by atoms with Crippen LogP contribution >= 0.6 is 11.8 Å². The molecule has 3 nitrogen and oxygen atoms in total. The molecule has 0 amide bonds. The lowest BCUT2D eigenvalue weighted by Gasteiger charge is -2.13. The molecule has 0 aliphatic heterocycles. The van der Waals surface area contributed by atoms with Crippen LogP contribution in [-0.2, 0) is 9.47 Å². The van der Waals surface area contributed by atoms with Crippen LogP contribution in [0.3, 0.4) is 0 Å². The summed E-state index contributed by atoms with van der Waals surface area (Å²) in [4.78, 5) is 14.1. The highest BCUT2D eigenvalue weighted by molar-refractivity contribution is 7.99. The Morgan fingerprint density at radius 2 is 1.56 bits per heavy atom. The Balaban J connectivity index is 1.85. The molecule has 3 aromatic rings. The van der Waals surface area contributed by atoms with Crippen LogP contribution in [0.15, 0.2) is 101 Å². The summed E-state index contributed by atoms with van der Waals surface area (Å²) in [6.45, 7) is 0.719. The smallest absolute Gasteiger partial charge is 0.339 e. The Labute approximate surface area is 218 Å². The minimum absolute atomic E-state index is 0.425. The molecule has 4 heteroatoms. The van der Waals surface area contributed by atoms with Crippen molar-refractivity contribution < 1.29 is 14.3 Å². The molecule has 0 heterocycles. The third-order valence-corrected chi connectivity index (χ3v) is 5.95. The molecule has 3 aromatic carbocycles. The molecular weight excluding hydrogens is 464 g/mol. The van der Waals surface area contributed by atoms with Crippen LogP contribution in [0, 0.1) is 23.7 Å². The summed E-state index contributed by atoms with van der Waals surface area (Å²) in [6.07, 6.45) is 3.79. The number of carbonyl (C=O) groups excluding carboxylic acids is 1. The maximum absolute atomic E-state index is 12.9. The van der Waals surface area contributed by atoms with Crippen LogP contribution in [0.1, 0.15) is 35.2 Å². The molecule has 0 bridgehead atoms. The highest BCUT2D eigenvalue weighted by Gasteiger charge is 2.17. The van der Waals surface area contributed by atoms with E-state index in [1.807, 2.05) is 72.8 Å². The zero-order valence-corrected chi connectivity index (χ0v) is 21.3. The Kier molecular flexibility index (Phi) is 12.0. The Bertz CT molecular complexity index is 1210. The van der Waals surface area contributed by atoms with Crippen molar-refractivity contribution in [2.45, 2.75) is 30.3 Å². The third-order valence-electron chi connectivity index (χ3n) is 5.06. The monoisotopic (exact) mass is 494 g/mol. The summed E-state index contributed by atoms with van der Waals surface area (Å²) in [5.74, 6) is 13.0. The fourth-order valence-corrected chi connectivity index (χ4v) is 3.89. The second kappa shape index (κ2) is 16.1. The predicted molar refractivity (Wildman–Crippen MR) is 149 cm³/mol. The third kappa shape index (κ3) is 9.88. The molecule has 0 saturated heterocycles. The first-order chi connectivity index (χ1) is 17.8. The van der Waals surface area contributed by atoms with Gasteiger partial charge in [-0.25, -0.2) is 4.79 Å². The molecule has 1 atom stereocenters. The van der Waals surface area contributed by atoms with Gasteiger partial charge in [-0.1, -0.05) is 90.4 Å². The van der Waals surface area contributed by atoms with Crippen LogP contribution in [0.25, 0.3) is 6.08 Å². The zero-order chi connectivity index (χ0) is 25.3. The first kappa shape index (κ1) is 26.9. The number of benzene rings is 3. The first-order valence-corrected chi connectivity index (χ1v) is 12.9. The summed E-state index contributed by atoms with van der Waals surface area (Å²) in [5, 5.41) is 0. The van der Waals surface area contributed by atoms with Crippen LogP contribution in [0.4, 0.5) is 0 Å². The lowest BCUT2D eigenvalue weighted by Crippen LogP contribution is -2.19. The van der Waals surface area contributed by atoms with E-state index in [-0.39, 0.29) is 0 Å². The molecule has 0 N–H and O–H groups in total. The molecule has 1 unspecified atom stereocenters. The number of thioether (sulfide) groups is 1. The lowest BCUT2D eigenvalue weighted by molar-refractivity contribution is 0.0467. The molecule has 182 valence electrons. The number of hydrogen-bond acceptors (Lipinski definition) is 4. The maximum atomic E-state index is 12.9. The van der Waals surface area contributed by atoms with Gasteiger partial charge in [-0.3, -0.25) is 0 Å². The van der Waals surface area contributed by atoms with E-state index in [2.05, 4.69) is 35.8 Å². The molecule has 0 aromatic heterocycles. The summed E-state index contributed by atoms with van der Waals surface area (Å²) in [6, 6.07) is 29.0. The number of rotatable bonds is 10. The average Bonchev–Trinajstić information content (AvgIpc) is 2.93. The van der Waals surface area contributed by atoms with Crippen LogP contribution in [0.2, 0.25) is 0 Å². The van der Waals surface area contributed by atoms with E-state index < -0.39 is 12.1 Å². The SMILES string of the molecule is COCCCCC#C/C(=C\c1ccccc1)C(C#CCSc1ccccc1)OC(=O)c1ccccc1. The van der Waals surface area contributed by atoms with Gasteiger partial charge in [-0.2, -0.15) is 0 Å². The zero-order valence-electron chi connectivity index (χ0n) is 20.5. The topological polar surface area (TPSA) is 35.5 Å². The molecule has 0 fully saturated rings. The molecule has 36 heavy (non-hydrogen) atoms.